The smallest absolute Gasteiger partial charge is 0.244 e. The average Bonchev–Trinajstić information content (AvgIpc) is 2.71. The summed E-state index contributed by atoms with van der Waals surface area (Å²) < 4.78 is 11.1. The van der Waals surface area contributed by atoms with Crippen molar-refractivity contribution >= 4 is 22.9 Å². The standard InChI is InChI=1S/C23H24N2O3/c1-3-27-19-12-9-17(10-13-19)15-23(26)25-24-16-21-20-8-6-5-7-18(20)11-14-22(21)28-4-2/h5-14,16H,3-4,15H2,1-2H3,(H,25,26)/b24-16-. The minimum Gasteiger partial charge on any atom is -0.494 e. The van der Waals surface area contributed by atoms with E-state index in [2.05, 4.69) is 10.5 Å². The molecule has 0 saturated carbocycles. The first-order chi connectivity index (χ1) is 13.7. The van der Waals surface area contributed by atoms with Gasteiger partial charge in [-0.05, 0) is 48.4 Å². The molecule has 0 fully saturated rings. The molecule has 0 aliphatic carbocycles. The molecule has 3 aromatic carbocycles. The van der Waals surface area contributed by atoms with Crippen molar-refractivity contribution in [2.45, 2.75) is 20.3 Å². The van der Waals surface area contributed by atoms with E-state index in [-0.39, 0.29) is 12.3 Å². The van der Waals surface area contributed by atoms with E-state index in [1.807, 2.05) is 74.5 Å². The van der Waals surface area contributed by atoms with E-state index in [9.17, 15) is 4.79 Å². The number of hydrogen-bond acceptors (Lipinski definition) is 4. The maximum atomic E-state index is 12.2. The Morgan fingerprint density at radius 1 is 0.964 bits per heavy atom. The number of ether oxygens (including phenoxy) is 2. The van der Waals surface area contributed by atoms with Crippen LogP contribution in [0.25, 0.3) is 10.8 Å². The SMILES string of the molecule is CCOc1ccc(CC(=O)N/N=C\c2c(OCC)ccc3ccccc23)cc1. The Morgan fingerprint density at radius 2 is 1.71 bits per heavy atom. The van der Waals surface area contributed by atoms with Crippen molar-refractivity contribution in [2.75, 3.05) is 13.2 Å². The molecular weight excluding hydrogens is 352 g/mol. The second-order valence-electron chi connectivity index (χ2n) is 6.18. The molecule has 28 heavy (non-hydrogen) atoms. The topological polar surface area (TPSA) is 59.9 Å². The third-order valence-corrected chi connectivity index (χ3v) is 4.21. The van der Waals surface area contributed by atoms with E-state index in [0.29, 0.717) is 13.2 Å². The summed E-state index contributed by atoms with van der Waals surface area (Å²) in [6.07, 6.45) is 1.89. The van der Waals surface area contributed by atoms with Gasteiger partial charge in [0.2, 0.25) is 5.91 Å². The monoisotopic (exact) mass is 376 g/mol. The van der Waals surface area contributed by atoms with Crippen molar-refractivity contribution in [1.29, 1.82) is 0 Å². The van der Waals surface area contributed by atoms with Crippen molar-refractivity contribution in [2.24, 2.45) is 5.10 Å². The highest BCUT2D eigenvalue weighted by molar-refractivity contribution is 6.02. The first-order valence-electron chi connectivity index (χ1n) is 9.39. The van der Waals surface area contributed by atoms with Gasteiger partial charge in [-0.2, -0.15) is 5.10 Å². The first-order valence-corrected chi connectivity index (χ1v) is 9.39. The molecule has 0 aliphatic heterocycles. The van der Waals surface area contributed by atoms with Crippen LogP contribution < -0.4 is 14.9 Å². The lowest BCUT2D eigenvalue weighted by atomic mass is 10.0. The van der Waals surface area contributed by atoms with Crippen molar-refractivity contribution in [3.63, 3.8) is 0 Å². The number of carbonyl (C=O) groups excluding carboxylic acids is 1. The quantitative estimate of drug-likeness (QED) is 0.470. The molecule has 0 aromatic heterocycles. The van der Waals surface area contributed by atoms with Gasteiger partial charge in [-0.3, -0.25) is 4.79 Å². The molecule has 1 N–H and O–H groups in total. The summed E-state index contributed by atoms with van der Waals surface area (Å²) >= 11 is 0. The number of nitrogens with zero attached hydrogens (tertiary/aromatic N) is 1. The number of benzene rings is 3. The van der Waals surface area contributed by atoms with Gasteiger partial charge in [0.25, 0.3) is 0 Å². The molecule has 144 valence electrons. The molecule has 5 heteroatoms. The zero-order valence-electron chi connectivity index (χ0n) is 16.1. The molecule has 1 amide bonds. The molecule has 0 heterocycles. The van der Waals surface area contributed by atoms with Crippen molar-refractivity contribution in [3.05, 3.63) is 71.8 Å². The summed E-state index contributed by atoms with van der Waals surface area (Å²) in [7, 11) is 0. The van der Waals surface area contributed by atoms with Crippen LogP contribution in [0.1, 0.15) is 25.0 Å². The van der Waals surface area contributed by atoms with Gasteiger partial charge >= 0.3 is 0 Å². The minimum absolute atomic E-state index is 0.182. The maximum Gasteiger partial charge on any atom is 0.244 e. The van der Waals surface area contributed by atoms with Crippen LogP contribution in [0.3, 0.4) is 0 Å². The van der Waals surface area contributed by atoms with Crippen LogP contribution in [0, 0.1) is 0 Å². The highest BCUT2D eigenvalue weighted by atomic mass is 16.5. The summed E-state index contributed by atoms with van der Waals surface area (Å²) in [4.78, 5) is 12.2. The van der Waals surface area contributed by atoms with Gasteiger partial charge in [0, 0.05) is 5.56 Å². The van der Waals surface area contributed by atoms with Crippen LogP contribution in [0.5, 0.6) is 11.5 Å². The molecule has 0 aliphatic rings. The number of fused-ring (bicyclic) bond motifs is 1. The van der Waals surface area contributed by atoms with Crippen molar-refractivity contribution < 1.29 is 14.3 Å². The second kappa shape index (κ2) is 9.55. The second-order valence-corrected chi connectivity index (χ2v) is 6.18. The molecular formula is C23H24N2O3. The maximum absolute atomic E-state index is 12.2. The van der Waals surface area contributed by atoms with Crippen molar-refractivity contribution in [3.8, 4) is 11.5 Å². The summed E-state index contributed by atoms with van der Waals surface area (Å²) in [5.74, 6) is 1.36. The zero-order chi connectivity index (χ0) is 19.8. The number of nitrogens with one attached hydrogen (secondary N) is 1. The van der Waals surface area contributed by atoms with E-state index in [1.54, 1.807) is 6.21 Å². The Morgan fingerprint density at radius 3 is 2.46 bits per heavy atom. The van der Waals surface area contributed by atoms with E-state index < -0.39 is 0 Å². The van der Waals surface area contributed by atoms with Crippen LogP contribution in [0.4, 0.5) is 0 Å². The van der Waals surface area contributed by atoms with Crippen LogP contribution in [0.2, 0.25) is 0 Å². The summed E-state index contributed by atoms with van der Waals surface area (Å²) in [5.41, 5.74) is 4.34. The summed E-state index contributed by atoms with van der Waals surface area (Å²) in [5, 5.41) is 6.27. The minimum atomic E-state index is -0.182. The number of amides is 1. The number of hydrogen-bond donors (Lipinski definition) is 1. The number of carbonyl (C=O) groups is 1. The number of hydrazone groups is 1. The van der Waals surface area contributed by atoms with Crippen LogP contribution in [0.15, 0.2) is 65.8 Å². The average molecular weight is 376 g/mol. The zero-order valence-corrected chi connectivity index (χ0v) is 16.1. The van der Waals surface area contributed by atoms with E-state index in [4.69, 9.17) is 9.47 Å². The van der Waals surface area contributed by atoms with Gasteiger partial charge in [0.15, 0.2) is 0 Å². The predicted molar refractivity (Wildman–Crippen MR) is 112 cm³/mol. The Labute approximate surface area is 165 Å². The fraction of sp³-hybridized carbons (Fsp3) is 0.217. The van der Waals surface area contributed by atoms with Gasteiger partial charge in [-0.25, -0.2) is 5.43 Å². The highest BCUT2D eigenvalue weighted by Gasteiger charge is 2.07. The Bertz CT molecular complexity index is 965. The largest absolute Gasteiger partial charge is 0.494 e. The summed E-state index contributed by atoms with van der Waals surface area (Å²) in [6, 6.07) is 19.4. The van der Waals surface area contributed by atoms with Gasteiger partial charge in [-0.15, -0.1) is 0 Å². The fourth-order valence-corrected chi connectivity index (χ4v) is 2.95. The van der Waals surface area contributed by atoms with Crippen LogP contribution in [-0.4, -0.2) is 25.3 Å². The molecule has 0 radical (unpaired) electrons. The lowest BCUT2D eigenvalue weighted by molar-refractivity contribution is -0.120. The third kappa shape index (κ3) is 4.88. The van der Waals surface area contributed by atoms with Gasteiger partial charge in [0.05, 0.1) is 25.8 Å². The lowest BCUT2D eigenvalue weighted by Crippen LogP contribution is -2.19. The summed E-state index contributed by atoms with van der Waals surface area (Å²) in [6.45, 7) is 5.05. The number of rotatable bonds is 8. The Balaban J connectivity index is 1.69. The molecule has 0 saturated heterocycles. The molecule has 0 atom stereocenters. The van der Waals surface area contributed by atoms with Gasteiger partial charge in [-0.1, -0.05) is 42.5 Å². The Kier molecular flexibility index (Phi) is 6.63. The molecule has 0 unspecified atom stereocenters. The van der Waals surface area contributed by atoms with Gasteiger partial charge in [0.1, 0.15) is 11.5 Å². The van der Waals surface area contributed by atoms with E-state index in [0.717, 1.165) is 33.4 Å². The normalized spacial score (nSPS) is 10.9. The van der Waals surface area contributed by atoms with Gasteiger partial charge < -0.3 is 9.47 Å². The molecule has 5 nitrogen and oxygen atoms in total. The predicted octanol–water partition coefficient (Wildman–Crippen LogP) is 4.33. The van der Waals surface area contributed by atoms with E-state index in [1.165, 1.54) is 0 Å². The molecule has 0 spiro atoms. The first kappa shape index (κ1) is 19.4. The fourth-order valence-electron chi connectivity index (χ4n) is 2.95. The Hall–Kier alpha value is -3.34. The molecule has 0 bridgehead atoms. The lowest BCUT2D eigenvalue weighted by Gasteiger charge is -2.10. The van der Waals surface area contributed by atoms with Crippen LogP contribution in [-0.2, 0) is 11.2 Å². The van der Waals surface area contributed by atoms with Crippen LogP contribution >= 0.6 is 0 Å². The third-order valence-electron chi connectivity index (χ3n) is 4.21. The van der Waals surface area contributed by atoms with E-state index >= 15 is 0 Å². The molecule has 3 rings (SSSR count). The van der Waals surface area contributed by atoms with Crippen molar-refractivity contribution in [1.82, 2.24) is 5.43 Å². The highest BCUT2D eigenvalue weighted by Crippen LogP contribution is 2.26. The molecule has 3 aromatic rings.